The molecule has 0 saturated heterocycles. The Bertz CT molecular complexity index is 431. The van der Waals surface area contributed by atoms with Crippen molar-refractivity contribution in [2.24, 2.45) is 11.3 Å². The number of fused-ring (bicyclic) bond motifs is 1. The summed E-state index contributed by atoms with van der Waals surface area (Å²) in [5, 5.41) is 3.97. The van der Waals surface area contributed by atoms with Crippen molar-refractivity contribution in [2.75, 3.05) is 0 Å². The van der Waals surface area contributed by atoms with Crippen LogP contribution in [0.3, 0.4) is 0 Å². The van der Waals surface area contributed by atoms with E-state index >= 15 is 0 Å². The highest BCUT2D eigenvalue weighted by Crippen LogP contribution is 2.43. The molecular formula is C19H31N. The first-order chi connectivity index (χ1) is 9.49. The highest BCUT2D eigenvalue weighted by atomic mass is 15.0. The molecule has 2 rings (SSSR count). The van der Waals surface area contributed by atoms with Gasteiger partial charge in [0.05, 0.1) is 0 Å². The standard InChI is InChI=1S/C19H31N/c1-6-15(7-2)14(3)20-18-17-11-9-8-10-16(17)12-13-19(18,4)5/h8-11,14-15,18,20H,6-7,12-13H2,1-5H3. The second kappa shape index (κ2) is 6.30. The van der Waals surface area contributed by atoms with E-state index in [9.17, 15) is 0 Å². The number of hydrogen-bond donors (Lipinski definition) is 1. The van der Waals surface area contributed by atoms with Gasteiger partial charge in [-0.3, -0.25) is 0 Å². The summed E-state index contributed by atoms with van der Waals surface area (Å²) in [6.45, 7) is 11.8. The van der Waals surface area contributed by atoms with Crippen molar-refractivity contribution in [3.8, 4) is 0 Å². The summed E-state index contributed by atoms with van der Waals surface area (Å²) in [5.74, 6) is 0.778. The maximum absolute atomic E-state index is 3.97. The molecule has 0 amide bonds. The van der Waals surface area contributed by atoms with E-state index in [1.54, 1.807) is 5.56 Å². The minimum atomic E-state index is 0.342. The summed E-state index contributed by atoms with van der Waals surface area (Å²) in [6.07, 6.45) is 5.02. The van der Waals surface area contributed by atoms with Crippen molar-refractivity contribution < 1.29 is 0 Å². The van der Waals surface area contributed by atoms with Crippen LogP contribution in [-0.2, 0) is 6.42 Å². The first kappa shape index (κ1) is 15.6. The van der Waals surface area contributed by atoms with Crippen LogP contribution in [0, 0.1) is 11.3 Å². The highest BCUT2D eigenvalue weighted by Gasteiger charge is 2.36. The third-order valence-electron chi connectivity index (χ3n) is 5.37. The topological polar surface area (TPSA) is 12.0 Å². The third-order valence-corrected chi connectivity index (χ3v) is 5.37. The van der Waals surface area contributed by atoms with Gasteiger partial charge in [0, 0.05) is 12.1 Å². The summed E-state index contributed by atoms with van der Waals surface area (Å²) < 4.78 is 0. The van der Waals surface area contributed by atoms with Crippen molar-refractivity contribution in [1.29, 1.82) is 0 Å². The lowest BCUT2D eigenvalue weighted by Gasteiger charge is -2.43. The van der Waals surface area contributed by atoms with Crippen LogP contribution in [0.25, 0.3) is 0 Å². The van der Waals surface area contributed by atoms with Gasteiger partial charge in [-0.2, -0.15) is 0 Å². The predicted octanol–water partition coefficient (Wildman–Crippen LogP) is 5.11. The Morgan fingerprint density at radius 3 is 2.50 bits per heavy atom. The van der Waals surface area contributed by atoms with Crippen LogP contribution in [0.4, 0.5) is 0 Å². The monoisotopic (exact) mass is 273 g/mol. The summed E-state index contributed by atoms with van der Waals surface area (Å²) in [4.78, 5) is 0. The van der Waals surface area contributed by atoms with E-state index in [0.29, 0.717) is 17.5 Å². The van der Waals surface area contributed by atoms with E-state index in [1.165, 1.54) is 31.2 Å². The molecule has 0 heterocycles. The number of nitrogens with one attached hydrogen (secondary N) is 1. The first-order valence-electron chi connectivity index (χ1n) is 8.33. The number of benzene rings is 1. The summed E-state index contributed by atoms with van der Waals surface area (Å²) >= 11 is 0. The molecule has 1 aliphatic carbocycles. The Labute approximate surface area is 125 Å². The molecule has 1 aromatic carbocycles. The lowest BCUT2D eigenvalue weighted by atomic mass is 9.70. The molecule has 1 heteroatoms. The molecule has 0 bridgehead atoms. The molecule has 2 unspecified atom stereocenters. The van der Waals surface area contributed by atoms with Crippen LogP contribution < -0.4 is 5.32 Å². The van der Waals surface area contributed by atoms with Crippen LogP contribution in [0.1, 0.15) is 71.0 Å². The minimum Gasteiger partial charge on any atom is -0.307 e. The van der Waals surface area contributed by atoms with E-state index in [4.69, 9.17) is 0 Å². The molecule has 1 aromatic rings. The van der Waals surface area contributed by atoms with E-state index < -0.39 is 0 Å². The average molecular weight is 273 g/mol. The van der Waals surface area contributed by atoms with Gasteiger partial charge in [-0.25, -0.2) is 0 Å². The van der Waals surface area contributed by atoms with Crippen LogP contribution in [-0.4, -0.2) is 6.04 Å². The van der Waals surface area contributed by atoms with Crippen molar-refractivity contribution in [1.82, 2.24) is 5.32 Å². The maximum Gasteiger partial charge on any atom is 0.0376 e. The predicted molar refractivity (Wildman–Crippen MR) is 88.0 cm³/mol. The van der Waals surface area contributed by atoms with Gasteiger partial charge >= 0.3 is 0 Å². The van der Waals surface area contributed by atoms with Gasteiger partial charge in [0.2, 0.25) is 0 Å². The number of hydrogen-bond acceptors (Lipinski definition) is 1. The lowest BCUT2D eigenvalue weighted by Crippen LogP contribution is -2.44. The largest absolute Gasteiger partial charge is 0.307 e. The molecule has 0 radical (unpaired) electrons. The molecule has 1 nitrogen and oxygen atoms in total. The molecule has 1 aliphatic rings. The van der Waals surface area contributed by atoms with Crippen LogP contribution >= 0.6 is 0 Å². The molecular weight excluding hydrogens is 242 g/mol. The molecule has 2 atom stereocenters. The third kappa shape index (κ3) is 3.09. The van der Waals surface area contributed by atoms with Crippen molar-refractivity contribution >= 4 is 0 Å². The van der Waals surface area contributed by atoms with E-state index in [2.05, 4.69) is 64.2 Å². The van der Waals surface area contributed by atoms with E-state index in [1.807, 2.05) is 0 Å². The lowest BCUT2D eigenvalue weighted by molar-refractivity contribution is 0.177. The van der Waals surface area contributed by atoms with Crippen LogP contribution in [0.2, 0.25) is 0 Å². The Kier molecular flexibility index (Phi) is 4.90. The van der Waals surface area contributed by atoms with E-state index in [-0.39, 0.29) is 0 Å². The fourth-order valence-corrected chi connectivity index (χ4v) is 3.78. The Hall–Kier alpha value is -0.820. The molecule has 20 heavy (non-hydrogen) atoms. The smallest absolute Gasteiger partial charge is 0.0376 e. The molecule has 0 aromatic heterocycles. The van der Waals surface area contributed by atoms with Gasteiger partial charge in [0.1, 0.15) is 0 Å². The fraction of sp³-hybridized carbons (Fsp3) is 0.684. The van der Waals surface area contributed by atoms with Crippen molar-refractivity contribution in [2.45, 2.75) is 72.4 Å². The molecule has 0 saturated carbocycles. The second-order valence-corrected chi connectivity index (χ2v) is 7.15. The van der Waals surface area contributed by atoms with Gasteiger partial charge < -0.3 is 5.32 Å². The van der Waals surface area contributed by atoms with Crippen LogP contribution in [0.5, 0.6) is 0 Å². The zero-order valence-electron chi connectivity index (χ0n) is 13.9. The molecule has 1 N–H and O–H groups in total. The minimum absolute atomic E-state index is 0.342. The van der Waals surface area contributed by atoms with Crippen molar-refractivity contribution in [3.05, 3.63) is 35.4 Å². The van der Waals surface area contributed by atoms with Gasteiger partial charge in [-0.15, -0.1) is 0 Å². The molecule has 0 spiro atoms. The number of aryl methyl sites for hydroxylation is 1. The normalized spacial score (nSPS) is 22.6. The van der Waals surface area contributed by atoms with Crippen LogP contribution in [0.15, 0.2) is 24.3 Å². The summed E-state index contributed by atoms with van der Waals surface area (Å²) in [5.41, 5.74) is 3.41. The Morgan fingerprint density at radius 1 is 1.20 bits per heavy atom. The van der Waals surface area contributed by atoms with Gasteiger partial charge in [-0.1, -0.05) is 64.8 Å². The van der Waals surface area contributed by atoms with E-state index in [0.717, 1.165) is 5.92 Å². The quantitative estimate of drug-likeness (QED) is 0.785. The molecule has 112 valence electrons. The second-order valence-electron chi connectivity index (χ2n) is 7.15. The average Bonchev–Trinajstić information content (AvgIpc) is 2.43. The van der Waals surface area contributed by atoms with Gasteiger partial charge in [0.15, 0.2) is 0 Å². The number of rotatable bonds is 5. The summed E-state index contributed by atoms with van der Waals surface area (Å²) in [7, 11) is 0. The summed E-state index contributed by atoms with van der Waals surface area (Å²) in [6, 6.07) is 10.1. The molecule has 0 fully saturated rings. The highest BCUT2D eigenvalue weighted by molar-refractivity contribution is 5.34. The van der Waals surface area contributed by atoms with Crippen molar-refractivity contribution in [3.63, 3.8) is 0 Å². The zero-order valence-corrected chi connectivity index (χ0v) is 13.9. The first-order valence-corrected chi connectivity index (χ1v) is 8.33. The van der Waals surface area contributed by atoms with Gasteiger partial charge in [-0.05, 0) is 42.2 Å². The fourth-order valence-electron chi connectivity index (χ4n) is 3.78. The molecule has 0 aliphatic heterocycles. The SMILES string of the molecule is CCC(CC)C(C)NC1c2ccccc2CCC1(C)C. The Balaban J connectivity index is 2.24. The zero-order chi connectivity index (χ0) is 14.8. The Morgan fingerprint density at radius 2 is 1.85 bits per heavy atom. The maximum atomic E-state index is 3.97. The van der Waals surface area contributed by atoms with Gasteiger partial charge in [0.25, 0.3) is 0 Å².